The number of carbonyl (C=O) groups is 1. The molecular weight excluding hydrogens is 232 g/mol. The second-order valence-corrected chi connectivity index (χ2v) is 4.12. The van der Waals surface area contributed by atoms with Crippen LogP contribution in [-0.2, 0) is 11.3 Å². The fourth-order valence-electron chi connectivity index (χ4n) is 1.74. The van der Waals surface area contributed by atoms with Crippen LogP contribution in [0, 0.1) is 0 Å². The molecule has 5 nitrogen and oxygen atoms in total. The van der Waals surface area contributed by atoms with E-state index in [9.17, 15) is 9.59 Å². The highest BCUT2D eigenvalue weighted by atomic mass is 16.4. The van der Waals surface area contributed by atoms with E-state index in [1.54, 1.807) is 6.20 Å². The van der Waals surface area contributed by atoms with Crippen LogP contribution in [0.25, 0.3) is 0 Å². The molecule has 1 heterocycles. The Morgan fingerprint density at radius 2 is 1.94 bits per heavy atom. The van der Waals surface area contributed by atoms with Crippen molar-refractivity contribution in [1.82, 2.24) is 9.13 Å². The van der Waals surface area contributed by atoms with E-state index in [0.29, 0.717) is 6.54 Å². The minimum Gasteiger partial charge on any atom is -0.480 e. The number of nitrogens with zero attached hydrogens (tertiary/aromatic N) is 2. The van der Waals surface area contributed by atoms with Gasteiger partial charge < -0.3 is 5.11 Å². The lowest BCUT2D eigenvalue weighted by atomic mass is 10.2. The maximum atomic E-state index is 12.0. The number of rotatable bonds is 4. The van der Waals surface area contributed by atoms with Crippen molar-refractivity contribution in [3.05, 3.63) is 58.8 Å². The fourth-order valence-corrected chi connectivity index (χ4v) is 1.74. The molecule has 2 rings (SSSR count). The number of carboxylic acids is 1. The van der Waals surface area contributed by atoms with Crippen molar-refractivity contribution in [2.24, 2.45) is 0 Å². The van der Waals surface area contributed by atoms with Gasteiger partial charge in [-0.25, -0.2) is 9.59 Å². The van der Waals surface area contributed by atoms with Crippen molar-refractivity contribution in [3.63, 3.8) is 0 Å². The molecule has 1 N–H and O–H groups in total. The minimum absolute atomic E-state index is 0.311. The van der Waals surface area contributed by atoms with E-state index >= 15 is 0 Å². The summed E-state index contributed by atoms with van der Waals surface area (Å²) in [6.45, 7) is 1.93. The number of hydrogen-bond acceptors (Lipinski definition) is 2. The van der Waals surface area contributed by atoms with Crippen LogP contribution in [0.15, 0.2) is 47.5 Å². The average molecular weight is 246 g/mol. The Bertz CT molecular complexity index is 598. The number of benzene rings is 1. The van der Waals surface area contributed by atoms with Crippen molar-refractivity contribution >= 4 is 5.97 Å². The number of aromatic nitrogens is 2. The zero-order chi connectivity index (χ0) is 13.1. The third-order valence-electron chi connectivity index (χ3n) is 2.84. The van der Waals surface area contributed by atoms with Gasteiger partial charge in [0, 0.05) is 12.4 Å². The summed E-state index contributed by atoms with van der Waals surface area (Å²) in [4.78, 5) is 22.8. The van der Waals surface area contributed by atoms with Gasteiger partial charge >= 0.3 is 11.7 Å². The first-order valence-electron chi connectivity index (χ1n) is 5.63. The van der Waals surface area contributed by atoms with Crippen molar-refractivity contribution < 1.29 is 9.90 Å². The summed E-state index contributed by atoms with van der Waals surface area (Å²) >= 11 is 0. The van der Waals surface area contributed by atoms with E-state index in [0.717, 1.165) is 5.56 Å². The predicted molar refractivity (Wildman–Crippen MR) is 66.6 cm³/mol. The van der Waals surface area contributed by atoms with Crippen LogP contribution in [0.2, 0.25) is 0 Å². The van der Waals surface area contributed by atoms with Gasteiger partial charge in [0.25, 0.3) is 0 Å². The van der Waals surface area contributed by atoms with Gasteiger partial charge in [-0.2, -0.15) is 0 Å². The molecule has 1 aromatic heterocycles. The van der Waals surface area contributed by atoms with E-state index in [1.807, 2.05) is 30.3 Å². The van der Waals surface area contributed by atoms with Crippen LogP contribution in [0.3, 0.4) is 0 Å². The summed E-state index contributed by atoms with van der Waals surface area (Å²) < 4.78 is 2.71. The topological polar surface area (TPSA) is 64.2 Å². The van der Waals surface area contributed by atoms with Crippen LogP contribution in [0.1, 0.15) is 18.5 Å². The fraction of sp³-hybridized carbons (Fsp3) is 0.231. The van der Waals surface area contributed by atoms with Gasteiger partial charge in [-0.1, -0.05) is 30.3 Å². The Balaban J connectivity index is 2.27. The first-order chi connectivity index (χ1) is 8.59. The molecule has 0 radical (unpaired) electrons. The molecule has 0 bridgehead atoms. The zero-order valence-electron chi connectivity index (χ0n) is 9.98. The van der Waals surface area contributed by atoms with Crippen molar-refractivity contribution in [3.8, 4) is 0 Å². The summed E-state index contributed by atoms with van der Waals surface area (Å²) in [5, 5.41) is 8.89. The maximum Gasteiger partial charge on any atom is 0.329 e. The molecular formula is C13H14N2O3. The minimum atomic E-state index is -1.02. The predicted octanol–water partition coefficient (Wildman–Crippen LogP) is 1.34. The average Bonchev–Trinajstić information content (AvgIpc) is 2.71. The van der Waals surface area contributed by atoms with Gasteiger partial charge in [0.2, 0.25) is 0 Å². The molecule has 0 unspecified atom stereocenters. The van der Waals surface area contributed by atoms with Gasteiger partial charge in [0.15, 0.2) is 0 Å². The summed E-state index contributed by atoms with van der Waals surface area (Å²) in [7, 11) is 0. The van der Waals surface area contributed by atoms with Crippen LogP contribution in [0.4, 0.5) is 0 Å². The summed E-state index contributed by atoms with van der Waals surface area (Å²) in [6, 6.07) is 8.70. The third kappa shape index (κ3) is 2.34. The lowest BCUT2D eigenvalue weighted by Gasteiger charge is -2.06. The molecule has 94 valence electrons. The van der Waals surface area contributed by atoms with Crippen LogP contribution in [-0.4, -0.2) is 20.2 Å². The molecule has 0 saturated carbocycles. The van der Waals surface area contributed by atoms with Gasteiger partial charge in [-0.05, 0) is 12.5 Å². The SMILES string of the molecule is C[C@@H](C(=O)O)n1ccn(Cc2ccccc2)c1=O. The zero-order valence-corrected chi connectivity index (χ0v) is 9.98. The Labute approximate surface area is 104 Å². The molecule has 0 spiro atoms. The largest absolute Gasteiger partial charge is 0.480 e. The normalized spacial score (nSPS) is 12.3. The summed E-state index contributed by atoms with van der Waals surface area (Å²) in [5.41, 5.74) is 0.689. The Kier molecular flexibility index (Phi) is 3.32. The molecule has 0 amide bonds. The first-order valence-corrected chi connectivity index (χ1v) is 5.63. The molecule has 0 aliphatic rings. The van der Waals surface area contributed by atoms with Gasteiger partial charge in [-0.15, -0.1) is 0 Å². The molecule has 0 aliphatic carbocycles. The van der Waals surface area contributed by atoms with Gasteiger partial charge in [0.05, 0.1) is 6.54 Å². The van der Waals surface area contributed by atoms with Crippen molar-refractivity contribution in [1.29, 1.82) is 0 Å². The van der Waals surface area contributed by atoms with Gasteiger partial charge in [-0.3, -0.25) is 9.13 Å². The van der Waals surface area contributed by atoms with E-state index in [-0.39, 0.29) is 5.69 Å². The summed E-state index contributed by atoms with van der Waals surface area (Å²) in [6.07, 6.45) is 3.11. The third-order valence-corrected chi connectivity index (χ3v) is 2.84. The summed E-state index contributed by atoms with van der Waals surface area (Å²) in [5.74, 6) is -1.02. The van der Waals surface area contributed by atoms with Crippen LogP contribution < -0.4 is 5.69 Å². The number of imidazole rings is 1. The van der Waals surface area contributed by atoms with Crippen LogP contribution in [0.5, 0.6) is 0 Å². The van der Waals surface area contributed by atoms with E-state index in [4.69, 9.17) is 5.11 Å². The molecule has 0 aliphatic heterocycles. The molecule has 2 aromatic rings. The Morgan fingerprint density at radius 1 is 1.28 bits per heavy atom. The van der Waals surface area contributed by atoms with E-state index in [1.165, 1.54) is 22.3 Å². The van der Waals surface area contributed by atoms with E-state index in [2.05, 4.69) is 0 Å². The molecule has 0 saturated heterocycles. The lowest BCUT2D eigenvalue weighted by molar-refractivity contribution is -0.140. The second-order valence-electron chi connectivity index (χ2n) is 4.12. The monoisotopic (exact) mass is 246 g/mol. The number of aliphatic carboxylic acids is 1. The maximum absolute atomic E-state index is 12.0. The number of carboxylic acid groups (broad SMARTS) is 1. The molecule has 1 atom stereocenters. The quantitative estimate of drug-likeness (QED) is 0.885. The van der Waals surface area contributed by atoms with E-state index < -0.39 is 12.0 Å². The van der Waals surface area contributed by atoms with Crippen molar-refractivity contribution in [2.75, 3.05) is 0 Å². The number of hydrogen-bond donors (Lipinski definition) is 1. The molecule has 18 heavy (non-hydrogen) atoms. The smallest absolute Gasteiger partial charge is 0.329 e. The molecule has 0 fully saturated rings. The van der Waals surface area contributed by atoms with Crippen molar-refractivity contribution in [2.45, 2.75) is 19.5 Å². The highest BCUT2D eigenvalue weighted by Gasteiger charge is 2.16. The lowest BCUT2D eigenvalue weighted by Crippen LogP contribution is -2.29. The van der Waals surface area contributed by atoms with Gasteiger partial charge in [0.1, 0.15) is 6.04 Å². The first kappa shape index (κ1) is 12.2. The molecule has 5 heteroatoms. The highest BCUT2D eigenvalue weighted by molar-refractivity contribution is 5.71. The van der Waals surface area contributed by atoms with Crippen LogP contribution >= 0.6 is 0 Å². The molecule has 1 aromatic carbocycles. The highest BCUT2D eigenvalue weighted by Crippen LogP contribution is 2.04. The second kappa shape index (κ2) is 4.91. The Hall–Kier alpha value is -2.30. The Morgan fingerprint density at radius 3 is 2.56 bits per heavy atom. The standard InChI is InChI=1S/C13H14N2O3/c1-10(12(16)17)15-8-7-14(13(15)18)9-11-5-3-2-4-6-11/h2-8,10H,9H2,1H3,(H,16,17)/t10-/m0/s1.